The highest BCUT2D eigenvalue weighted by atomic mass is 79.9. The SMILES string of the molecule is COc1ccc(CNC(=O)C(=O)N/N=C\c2cc(Cl)ccc2OCC(=O)Nc2ccc(Br)cc2C(F)(F)F)cc1. The number of nitrogens with zero attached hydrogens (tertiary/aromatic N) is 1. The zero-order valence-corrected chi connectivity index (χ0v) is 23.0. The van der Waals surface area contributed by atoms with Crippen LogP contribution in [0.1, 0.15) is 16.7 Å². The molecule has 210 valence electrons. The average molecular weight is 642 g/mol. The number of rotatable bonds is 9. The van der Waals surface area contributed by atoms with Crippen molar-refractivity contribution in [2.24, 2.45) is 5.10 Å². The fourth-order valence-corrected chi connectivity index (χ4v) is 3.70. The second kappa shape index (κ2) is 13.8. The first-order chi connectivity index (χ1) is 19.0. The molecule has 0 radical (unpaired) electrons. The number of benzene rings is 3. The van der Waals surface area contributed by atoms with Crippen molar-refractivity contribution >= 4 is 57.2 Å². The lowest BCUT2D eigenvalue weighted by atomic mass is 10.1. The van der Waals surface area contributed by atoms with Crippen molar-refractivity contribution in [3.05, 3.63) is 86.8 Å². The molecule has 9 nitrogen and oxygen atoms in total. The smallest absolute Gasteiger partial charge is 0.418 e. The van der Waals surface area contributed by atoms with Crippen LogP contribution in [0.2, 0.25) is 5.02 Å². The second-order valence-electron chi connectivity index (χ2n) is 7.94. The van der Waals surface area contributed by atoms with Crippen LogP contribution in [0.4, 0.5) is 18.9 Å². The van der Waals surface area contributed by atoms with Crippen LogP contribution in [0.3, 0.4) is 0 Å². The van der Waals surface area contributed by atoms with Gasteiger partial charge in [-0.15, -0.1) is 0 Å². The van der Waals surface area contributed by atoms with Gasteiger partial charge in [0.1, 0.15) is 11.5 Å². The highest BCUT2D eigenvalue weighted by Crippen LogP contribution is 2.36. The molecule has 0 atom stereocenters. The molecular weight excluding hydrogens is 621 g/mol. The summed E-state index contributed by atoms with van der Waals surface area (Å²) in [7, 11) is 1.53. The van der Waals surface area contributed by atoms with Crippen LogP contribution in [0.15, 0.2) is 70.2 Å². The Labute approximate surface area is 239 Å². The van der Waals surface area contributed by atoms with Crippen molar-refractivity contribution in [2.45, 2.75) is 12.7 Å². The second-order valence-corrected chi connectivity index (χ2v) is 9.29. The minimum atomic E-state index is -4.69. The summed E-state index contributed by atoms with van der Waals surface area (Å²) in [5.74, 6) is -2.09. The minimum absolute atomic E-state index is 0.0911. The number of ether oxygens (including phenoxy) is 2. The first-order valence-corrected chi connectivity index (χ1v) is 12.5. The zero-order chi connectivity index (χ0) is 29.3. The number of methoxy groups -OCH3 is 1. The van der Waals surface area contributed by atoms with E-state index in [0.717, 1.165) is 23.9 Å². The van der Waals surface area contributed by atoms with Crippen molar-refractivity contribution in [1.82, 2.24) is 10.7 Å². The molecule has 3 aromatic carbocycles. The Balaban J connectivity index is 1.57. The molecule has 0 aliphatic heterocycles. The number of anilines is 1. The topological polar surface area (TPSA) is 118 Å². The van der Waals surface area contributed by atoms with E-state index in [1.54, 1.807) is 24.3 Å². The fraction of sp³-hybridized carbons (Fsp3) is 0.154. The van der Waals surface area contributed by atoms with E-state index in [2.05, 4.69) is 37.1 Å². The molecule has 3 rings (SSSR count). The number of carbonyl (C=O) groups excluding carboxylic acids is 3. The van der Waals surface area contributed by atoms with Crippen molar-refractivity contribution in [1.29, 1.82) is 0 Å². The van der Waals surface area contributed by atoms with Crippen LogP contribution >= 0.6 is 27.5 Å². The van der Waals surface area contributed by atoms with Crippen molar-refractivity contribution in [2.75, 3.05) is 19.0 Å². The third-order valence-corrected chi connectivity index (χ3v) is 5.81. The maximum Gasteiger partial charge on any atom is 0.418 e. The van der Waals surface area contributed by atoms with Crippen molar-refractivity contribution in [3.63, 3.8) is 0 Å². The Bertz CT molecular complexity index is 1420. The Hall–Kier alpha value is -4.10. The lowest BCUT2D eigenvalue weighted by Gasteiger charge is -2.15. The molecular formula is C26H21BrClF3N4O5. The molecule has 0 saturated carbocycles. The molecule has 3 aromatic rings. The third-order valence-electron chi connectivity index (χ3n) is 5.08. The van der Waals surface area contributed by atoms with Gasteiger partial charge in [-0.1, -0.05) is 39.7 Å². The molecule has 0 aromatic heterocycles. The quantitative estimate of drug-likeness (QED) is 0.174. The molecule has 40 heavy (non-hydrogen) atoms. The highest BCUT2D eigenvalue weighted by Gasteiger charge is 2.34. The largest absolute Gasteiger partial charge is 0.497 e. The van der Waals surface area contributed by atoms with E-state index in [-0.39, 0.29) is 27.4 Å². The van der Waals surface area contributed by atoms with Gasteiger partial charge in [-0.2, -0.15) is 18.3 Å². The number of alkyl halides is 3. The Morgan fingerprint density at radius 3 is 2.42 bits per heavy atom. The number of hydrogen-bond donors (Lipinski definition) is 3. The van der Waals surface area contributed by atoms with Gasteiger partial charge in [-0.05, 0) is 54.1 Å². The van der Waals surface area contributed by atoms with E-state index in [0.29, 0.717) is 5.75 Å². The van der Waals surface area contributed by atoms with E-state index >= 15 is 0 Å². The van der Waals surface area contributed by atoms with Crippen LogP contribution in [-0.2, 0) is 27.1 Å². The van der Waals surface area contributed by atoms with Gasteiger partial charge in [0.05, 0.1) is 24.6 Å². The van der Waals surface area contributed by atoms with Gasteiger partial charge in [0.15, 0.2) is 6.61 Å². The molecule has 3 amide bonds. The number of amides is 3. The molecule has 0 spiro atoms. The average Bonchev–Trinajstić information content (AvgIpc) is 2.91. The zero-order valence-electron chi connectivity index (χ0n) is 20.6. The number of carbonyl (C=O) groups is 3. The van der Waals surface area contributed by atoms with Crippen LogP contribution in [0.5, 0.6) is 11.5 Å². The van der Waals surface area contributed by atoms with Gasteiger partial charge >= 0.3 is 18.0 Å². The molecule has 0 bridgehead atoms. The number of halogens is 5. The highest BCUT2D eigenvalue weighted by molar-refractivity contribution is 9.10. The maximum absolute atomic E-state index is 13.3. The number of nitrogens with one attached hydrogen (secondary N) is 3. The van der Waals surface area contributed by atoms with Gasteiger partial charge in [0, 0.05) is 21.6 Å². The third kappa shape index (κ3) is 8.99. The summed E-state index contributed by atoms with van der Waals surface area (Å²) in [5.41, 5.74) is 1.56. The summed E-state index contributed by atoms with van der Waals surface area (Å²) in [4.78, 5) is 36.4. The van der Waals surface area contributed by atoms with Crippen molar-refractivity contribution in [3.8, 4) is 11.5 Å². The summed E-state index contributed by atoms with van der Waals surface area (Å²) in [6, 6.07) is 14.4. The molecule has 0 aliphatic rings. The van der Waals surface area contributed by atoms with E-state index in [4.69, 9.17) is 21.1 Å². The summed E-state index contributed by atoms with van der Waals surface area (Å²) in [6.07, 6.45) is -3.56. The molecule has 0 heterocycles. The van der Waals surface area contributed by atoms with Crippen LogP contribution in [-0.4, -0.2) is 37.7 Å². The standard InChI is InChI=1S/C26H21BrClF3N4O5/c1-39-19-6-2-15(3-7-19)12-32-24(37)25(38)35-33-13-16-10-18(28)5-9-22(16)40-14-23(36)34-21-8-4-17(27)11-20(21)26(29,30)31/h2-11,13H,12,14H2,1H3,(H,32,37)(H,34,36)(H,35,38)/b33-13-. The number of hydrogen-bond acceptors (Lipinski definition) is 6. The summed E-state index contributed by atoms with van der Waals surface area (Å²) in [5, 5.41) is 8.60. The Morgan fingerprint density at radius 2 is 1.75 bits per heavy atom. The predicted octanol–water partition coefficient (Wildman–Crippen LogP) is 4.91. The summed E-state index contributed by atoms with van der Waals surface area (Å²) >= 11 is 8.98. The van der Waals surface area contributed by atoms with E-state index in [1.165, 1.54) is 31.4 Å². The van der Waals surface area contributed by atoms with E-state index in [1.807, 2.05) is 0 Å². The molecule has 0 unspecified atom stereocenters. The van der Waals surface area contributed by atoms with Gasteiger partial charge in [-0.3, -0.25) is 14.4 Å². The molecule has 0 fully saturated rings. The van der Waals surface area contributed by atoms with Crippen LogP contribution < -0.4 is 25.5 Å². The summed E-state index contributed by atoms with van der Waals surface area (Å²) < 4.78 is 50.6. The number of hydrazone groups is 1. The Kier molecular flexibility index (Phi) is 10.5. The monoisotopic (exact) mass is 640 g/mol. The maximum atomic E-state index is 13.3. The van der Waals surface area contributed by atoms with Gasteiger partial charge in [0.25, 0.3) is 5.91 Å². The first kappa shape index (κ1) is 30.4. The van der Waals surface area contributed by atoms with E-state index in [9.17, 15) is 27.6 Å². The van der Waals surface area contributed by atoms with Gasteiger partial charge in [-0.25, -0.2) is 5.43 Å². The predicted molar refractivity (Wildman–Crippen MR) is 145 cm³/mol. The molecule has 3 N–H and O–H groups in total. The molecule has 0 aliphatic carbocycles. The molecule has 14 heteroatoms. The lowest BCUT2D eigenvalue weighted by molar-refractivity contribution is -0.139. The minimum Gasteiger partial charge on any atom is -0.497 e. The summed E-state index contributed by atoms with van der Waals surface area (Å²) in [6.45, 7) is -0.547. The van der Waals surface area contributed by atoms with Crippen LogP contribution in [0.25, 0.3) is 0 Å². The lowest BCUT2D eigenvalue weighted by Crippen LogP contribution is -2.37. The fourth-order valence-electron chi connectivity index (χ4n) is 3.16. The van der Waals surface area contributed by atoms with Crippen LogP contribution in [0, 0.1) is 0 Å². The van der Waals surface area contributed by atoms with E-state index < -0.39 is 41.8 Å². The Morgan fingerprint density at radius 1 is 1.02 bits per heavy atom. The normalized spacial score (nSPS) is 11.2. The van der Waals surface area contributed by atoms with Crippen molar-refractivity contribution < 1.29 is 37.0 Å². The first-order valence-electron chi connectivity index (χ1n) is 11.3. The van der Waals surface area contributed by atoms with Gasteiger partial charge < -0.3 is 20.1 Å². The molecule has 0 saturated heterocycles. The van der Waals surface area contributed by atoms with Gasteiger partial charge in [0.2, 0.25) is 0 Å².